The fraction of sp³-hybridized carbons (Fsp3) is 0.292. The van der Waals surface area contributed by atoms with Crippen LogP contribution >= 0.6 is 11.6 Å². The van der Waals surface area contributed by atoms with E-state index in [1.54, 1.807) is 13.1 Å². The van der Waals surface area contributed by atoms with Gasteiger partial charge >= 0.3 is 5.97 Å². The van der Waals surface area contributed by atoms with Crippen LogP contribution in [-0.4, -0.2) is 23.3 Å². The Kier molecular flexibility index (Phi) is 5.73. The summed E-state index contributed by atoms with van der Waals surface area (Å²) in [6.45, 7) is 3.89. The van der Waals surface area contributed by atoms with Crippen LogP contribution in [0.25, 0.3) is 0 Å². The van der Waals surface area contributed by atoms with Gasteiger partial charge in [0.25, 0.3) is 0 Å². The second kappa shape index (κ2) is 8.44. The zero-order valence-corrected chi connectivity index (χ0v) is 17.7. The Labute approximate surface area is 180 Å². The molecule has 0 saturated heterocycles. The van der Waals surface area contributed by atoms with Crippen LogP contribution in [0.2, 0.25) is 5.02 Å². The van der Waals surface area contributed by atoms with Crippen molar-refractivity contribution < 1.29 is 14.3 Å². The lowest BCUT2D eigenvalue weighted by Gasteiger charge is -2.36. The van der Waals surface area contributed by atoms with Crippen molar-refractivity contribution in [2.75, 3.05) is 6.61 Å². The number of nitrogens with zero attached hydrogens (tertiary/aromatic N) is 1. The first kappa shape index (κ1) is 20.4. The minimum atomic E-state index is -0.528. The summed E-state index contributed by atoms with van der Waals surface area (Å²) in [6, 6.07) is 13.2. The summed E-state index contributed by atoms with van der Waals surface area (Å²) in [5, 5.41) is 4.00. The molecule has 0 unspecified atom stereocenters. The molecule has 0 bridgehead atoms. The van der Waals surface area contributed by atoms with Crippen molar-refractivity contribution in [3.05, 3.63) is 87.5 Å². The largest absolute Gasteiger partial charge is 0.463 e. The van der Waals surface area contributed by atoms with Crippen molar-refractivity contribution >= 4 is 23.4 Å². The van der Waals surface area contributed by atoms with Gasteiger partial charge in [0.15, 0.2) is 5.78 Å². The zero-order chi connectivity index (χ0) is 21.3. The molecule has 1 aliphatic carbocycles. The molecule has 2 atom stereocenters. The van der Waals surface area contributed by atoms with Crippen LogP contribution in [0.5, 0.6) is 0 Å². The molecule has 1 aliphatic heterocycles. The van der Waals surface area contributed by atoms with Gasteiger partial charge in [-0.05, 0) is 56.0 Å². The van der Waals surface area contributed by atoms with Crippen LogP contribution < -0.4 is 5.32 Å². The molecule has 1 aromatic heterocycles. The standard InChI is InChI=1S/C24H23ClN2O3/c1-3-30-24(29)21-14(2)27-19-12-16(15-7-9-17(25)10-8-15)13-20(28)22(19)23(21)18-6-4-5-11-26-18/h4-11,16,23,27H,3,12-13H2,1-2H3/t16-,23-/m0/s1. The Morgan fingerprint density at radius 1 is 1.20 bits per heavy atom. The second-order valence-electron chi connectivity index (χ2n) is 7.54. The Hall–Kier alpha value is -2.92. The molecule has 5 nitrogen and oxygen atoms in total. The third kappa shape index (κ3) is 3.77. The molecule has 2 heterocycles. The number of rotatable bonds is 4. The molecular formula is C24H23ClN2O3. The highest BCUT2D eigenvalue weighted by Gasteiger charge is 2.41. The SMILES string of the molecule is CCOC(=O)C1=C(C)NC2=C(C(=O)C[C@@H](c3ccc(Cl)cc3)C2)[C@H]1c1ccccn1. The molecule has 0 fully saturated rings. The number of halogens is 1. The average Bonchev–Trinajstić information content (AvgIpc) is 2.74. The highest BCUT2D eigenvalue weighted by Crippen LogP contribution is 2.45. The summed E-state index contributed by atoms with van der Waals surface area (Å²) in [5.41, 5.74) is 4.38. The molecule has 0 saturated carbocycles. The van der Waals surface area contributed by atoms with Crippen molar-refractivity contribution in [2.24, 2.45) is 0 Å². The van der Waals surface area contributed by atoms with E-state index in [1.807, 2.05) is 49.4 Å². The fourth-order valence-electron chi connectivity index (χ4n) is 4.33. The maximum atomic E-state index is 13.4. The third-order valence-corrected chi connectivity index (χ3v) is 5.90. The van der Waals surface area contributed by atoms with E-state index in [1.165, 1.54) is 0 Å². The molecule has 154 valence electrons. The molecule has 2 aliphatic rings. The molecule has 1 N–H and O–H groups in total. The van der Waals surface area contributed by atoms with Crippen molar-refractivity contribution in [2.45, 2.75) is 38.5 Å². The van der Waals surface area contributed by atoms with Gasteiger partial charge in [0.1, 0.15) is 0 Å². The van der Waals surface area contributed by atoms with E-state index in [4.69, 9.17) is 16.3 Å². The molecule has 4 rings (SSSR count). The van der Waals surface area contributed by atoms with Gasteiger partial charge in [-0.3, -0.25) is 9.78 Å². The highest BCUT2D eigenvalue weighted by atomic mass is 35.5. The number of hydrogen-bond acceptors (Lipinski definition) is 5. The Balaban J connectivity index is 1.77. The van der Waals surface area contributed by atoms with Gasteiger partial charge < -0.3 is 10.1 Å². The zero-order valence-electron chi connectivity index (χ0n) is 16.9. The second-order valence-corrected chi connectivity index (χ2v) is 7.98. The van der Waals surface area contributed by atoms with Gasteiger partial charge in [-0.25, -0.2) is 4.79 Å². The highest BCUT2D eigenvalue weighted by molar-refractivity contribution is 6.30. The number of ketones is 1. The quantitative estimate of drug-likeness (QED) is 0.726. The first-order chi connectivity index (χ1) is 14.5. The summed E-state index contributed by atoms with van der Waals surface area (Å²) in [5.74, 6) is -0.867. The summed E-state index contributed by atoms with van der Waals surface area (Å²) < 4.78 is 5.31. The third-order valence-electron chi connectivity index (χ3n) is 5.65. The fourth-order valence-corrected chi connectivity index (χ4v) is 4.46. The van der Waals surface area contributed by atoms with E-state index < -0.39 is 11.9 Å². The Morgan fingerprint density at radius 3 is 2.63 bits per heavy atom. The number of benzene rings is 1. The smallest absolute Gasteiger partial charge is 0.336 e. The summed E-state index contributed by atoms with van der Waals surface area (Å²) >= 11 is 6.02. The van der Waals surface area contributed by atoms with Gasteiger partial charge in [0.05, 0.1) is 23.8 Å². The molecule has 0 radical (unpaired) electrons. The minimum Gasteiger partial charge on any atom is -0.463 e. The van der Waals surface area contributed by atoms with E-state index in [-0.39, 0.29) is 18.3 Å². The van der Waals surface area contributed by atoms with Gasteiger partial charge in [0.2, 0.25) is 0 Å². The van der Waals surface area contributed by atoms with Crippen LogP contribution in [0, 0.1) is 0 Å². The normalized spacial score (nSPS) is 21.2. The molecule has 0 spiro atoms. The number of carbonyl (C=O) groups is 2. The first-order valence-electron chi connectivity index (χ1n) is 10.1. The lowest BCUT2D eigenvalue weighted by molar-refractivity contribution is -0.138. The van der Waals surface area contributed by atoms with Gasteiger partial charge in [-0.2, -0.15) is 0 Å². The van der Waals surface area contributed by atoms with Crippen molar-refractivity contribution in [1.82, 2.24) is 10.3 Å². The number of Topliss-reactive ketones (excluding diaryl/α,β-unsaturated/α-hetero) is 1. The number of dihydropyridines is 1. The molecule has 1 aromatic carbocycles. The van der Waals surface area contributed by atoms with Gasteiger partial charge in [-0.15, -0.1) is 0 Å². The maximum absolute atomic E-state index is 13.4. The number of hydrogen-bond donors (Lipinski definition) is 1. The van der Waals surface area contributed by atoms with Crippen molar-refractivity contribution in [1.29, 1.82) is 0 Å². The van der Waals surface area contributed by atoms with Crippen LogP contribution in [-0.2, 0) is 14.3 Å². The summed E-state index contributed by atoms with van der Waals surface area (Å²) in [6.07, 6.45) is 2.74. The number of nitrogens with one attached hydrogen (secondary N) is 1. The van der Waals surface area contributed by atoms with E-state index in [9.17, 15) is 9.59 Å². The summed E-state index contributed by atoms with van der Waals surface area (Å²) in [4.78, 5) is 30.6. The van der Waals surface area contributed by atoms with Gasteiger partial charge in [0, 0.05) is 34.6 Å². The minimum absolute atomic E-state index is 0.0219. The molecule has 2 aromatic rings. The monoisotopic (exact) mass is 422 g/mol. The van der Waals surface area contributed by atoms with E-state index in [2.05, 4.69) is 10.3 Å². The number of pyridine rings is 1. The predicted molar refractivity (Wildman–Crippen MR) is 115 cm³/mol. The number of ether oxygens (including phenoxy) is 1. The van der Waals surface area contributed by atoms with E-state index >= 15 is 0 Å². The lowest BCUT2D eigenvalue weighted by atomic mass is 9.73. The average molecular weight is 423 g/mol. The number of carbonyl (C=O) groups excluding carboxylic acids is 2. The number of aromatic nitrogens is 1. The molecule has 30 heavy (non-hydrogen) atoms. The van der Waals surface area contributed by atoms with Crippen LogP contribution in [0.4, 0.5) is 0 Å². The topological polar surface area (TPSA) is 68.3 Å². The first-order valence-corrected chi connectivity index (χ1v) is 10.4. The molecular weight excluding hydrogens is 400 g/mol. The van der Waals surface area contributed by atoms with Crippen molar-refractivity contribution in [3.63, 3.8) is 0 Å². The van der Waals surface area contributed by atoms with E-state index in [0.717, 1.165) is 11.3 Å². The Morgan fingerprint density at radius 2 is 1.97 bits per heavy atom. The van der Waals surface area contributed by atoms with Crippen LogP contribution in [0.15, 0.2) is 71.2 Å². The summed E-state index contributed by atoms with van der Waals surface area (Å²) in [7, 11) is 0. The Bertz CT molecular complexity index is 1040. The number of esters is 1. The molecule has 0 amide bonds. The number of allylic oxidation sites excluding steroid dienone is 3. The lowest BCUT2D eigenvalue weighted by Crippen LogP contribution is -2.36. The predicted octanol–water partition coefficient (Wildman–Crippen LogP) is 4.66. The van der Waals surface area contributed by atoms with Crippen LogP contribution in [0.1, 0.15) is 49.8 Å². The van der Waals surface area contributed by atoms with E-state index in [0.29, 0.717) is 40.4 Å². The van der Waals surface area contributed by atoms with Gasteiger partial charge in [-0.1, -0.05) is 29.8 Å². The maximum Gasteiger partial charge on any atom is 0.336 e. The van der Waals surface area contributed by atoms with Crippen LogP contribution in [0.3, 0.4) is 0 Å². The molecule has 6 heteroatoms. The van der Waals surface area contributed by atoms with Crippen molar-refractivity contribution in [3.8, 4) is 0 Å².